The lowest BCUT2D eigenvalue weighted by molar-refractivity contribution is 0.329. The summed E-state index contributed by atoms with van der Waals surface area (Å²) in [5.74, 6) is 0.956. The summed E-state index contributed by atoms with van der Waals surface area (Å²) in [5, 5.41) is 4.44. The van der Waals surface area contributed by atoms with Crippen molar-refractivity contribution in [3.8, 4) is 0 Å². The Hall–Kier alpha value is -0.530. The van der Waals surface area contributed by atoms with Crippen LogP contribution < -0.4 is 5.32 Å². The highest BCUT2D eigenvalue weighted by molar-refractivity contribution is 6.30. The van der Waals surface area contributed by atoms with Gasteiger partial charge in [0.15, 0.2) is 0 Å². The zero-order valence-electron chi connectivity index (χ0n) is 11.3. The average Bonchev–Trinajstić information content (AvgIpc) is 2.40. The van der Waals surface area contributed by atoms with E-state index >= 15 is 0 Å². The molecule has 2 heteroatoms. The Morgan fingerprint density at radius 2 is 2.06 bits per heavy atom. The SMILES string of the molecule is C[C@H](NCCC1CCCCC1)c1cccc(Cl)c1. The van der Waals surface area contributed by atoms with Gasteiger partial charge in [-0.2, -0.15) is 0 Å². The molecule has 0 heterocycles. The summed E-state index contributed by atoms with van der Waals surface area (Å²) >= 11 is 6.02. The van der Waals surface area contributed by atoms with E-state index in [1.165, 1.54) is 44.1 Å². The predicted octanol–water partition coefficient (Wildman–Crippen LogP) is 4.96. The first-order chi connectivity index (χ1) is 8.75. The second-order valence-electron chi connectivity index (χ2n) is 5.52. The van der Waals surface area contributed by atoms with Crippen LogP contribution >= 0.6 is 11.6 Å². The van der Waals surface area contributed by atoms with Crippen molar-refractivity contribution < 1.29 is 0 Å². The van der Waals surface area contributed by atoms with E-state index in [-0.39, 0.29) is 0 Å². The van der Waals surface area contributed by atoms with Crippen LogP contribution in [0.5, 0.6) is 0 Å². The van der Waals surface area contributed by atoms with Crippen LogP contribution in [0.15, 0.2) is 24.3 Å². The first-order valence-electron chi connectivity index (χ1n) is 7.24. The molecule has 0 spiro atoms. The molecule has 0 radical (unpaired) electrons. The Labute approximate surface area is 116 Å². The van der Waals surface area contributed by atoms with E-state index in [4.69, 9.17) is 11.6 Å². The lowest BCUT2D eigenvalue weighted by atomic mass is 9.87. The van der Waals surface area contributed by atoms with Crippen LogP contribution in [0, 0.1) is 5.92 Å². The number of rotatable bonds is 5. The maximum Gasteiger partial charge on any atom is 0.0409 e. The fourth-order valence-corrected chi connectivity index (χ4v) is 3.07. The molecule has 1 atom stereocenters. The van der Waals surface area contributed by atoms with E-state index in [1.54, 1.807) is 0 Å². The normalized spacial score (nSPS) is 18.8. The molecule has 1 N–H and O–H groups in total. The van der Waals surface area contributed by atoms with Crippen molar-refractivity contribution in [1.29, 1.82) is 0 Å². The van der Waals surface area contributed by atoms with Crippen molar-refractivity contribution in [2.24, 2.45) is 5.92 Å². The first kappa shape index (κ1) is 13.9. The molecule has 1 aromatic rings. The molecule has 2 rings (SSSR count). The summed E-state index contributed by atoms with van der Waals surface area (Å²) in [7, 11) is 0. The molecule has 1 saturated carbocycles. The van der Waals surface area contributed by atoms with E-state index in [9.17, 15) is 0 Å². The molecule has 100 valence electrons. The van der Waals surface area contributed by atoms with Gasteiger partial charge >= 0.3 is 0 Å². The summed E-state index contributed by atoms with van der Waals surface area (Å²) in [5.41, 5.74) is 1.28. The van der Waals surface area contributed by atoms with Gasteiger partial charge in [-0.25, -0.2) is 0 Å². The largest absolute Gasteiger partial charge is 0.310 e. The molecule has 18 heavy (non-hydrogen) atoms. The fourth-order valence-electron chi connectivity index (χ4n) is 2.87. The van der Waals surface area contributed by atoms with E-state index in [1.807, 2.05) is 12.1 Å². The standard InChI is InChI=1S/C16H24ClN/c1-13(15-8-5-9-16(17)12-15)18-11-10-14-6-3-2-4-7-14/h5,8-9,12-14,18H,2-4,6-7,10-11H2,1H3/t13-/m0/s1. The number of halogens is 1. The van der Waals surface area contributed by atoms with E-state index in [0.29, 0.717) is 6.04 Å². The van der Waals surface area contributed by atoms with Gasteiger partial charge in [-0.3, -0.25) is 0 Å². The third-order valence-corrected chi connectivity index (χ3v) is 4.31. The Morgan fingerprint density at radius 3 is 2.78 bits per heavy atom. The minimum absolute atomic E-state index is 0.396. The maximum absolute atomic E-state index is 6.02. The molecule has 1 aromatic carbocycles. The van der Waals surface area contributed by atoms with Crippen LogP contribution in [0.4, 0.5) is 0 Å². The van der Waals surface area contributed by atoms with Gasteiger partial charge < -0.3 is 5.32 Å². The topological polar surface area (TPSA) is 12.0 Å². The molecule has 0 aliphatic heterocycles. The molecule has 0 amide bonds. The van der Waals surface area contributed by atoms with E-state index in [0.717, 1.165) is 17.5 Å². The van der Waals surface area contributed by atoms with Crippen molar-refractivity contribution >= 4 is 11.6 Å². The molecule has 0 unspecified atom stereocenters. The Morgan fingerprint density at radius 1 is 1.28 bits per heavy atom. The van der Waals surface area contributed by atoms with Crippen LogP contribution in [-0.2, 0) is 0 Å². The zero-order valence-corrected chi connectivity index (χ0v) is 12.0. The van der Waals surface area contributed by atoms with Crippen LogP contribution in [0.2, 0.25) is 5.02 Å². The molecule has 1 aliphatic carbocycles. The van der Waals surface area contributed by atoms with E-state index in [2.05, 4.69) is 24.4 Å². The van der Waals surface area contributed by atoms with Crippen LogP contribution in [0.25, 0.3) is 0 Å². The molecule has 0 aromatic heterocycles. The molecule has 1 aliphatic rings. The van der Waals surface area contributed by atoms with Crippen LogP contribution in [0.3, 0.4) is 0 Å². The smallest absolute Gasteiger partial charge is 0.0409 e. The van der Waals surface area contributed by atoms with Gasteiger partial charge in [-0.05, 0) is 43.5 Å². The third kappa shape index (κ3) is 4.29. The summed E-state index contributed by atoms with van der Waals surface area (Å²) in [6.45, 7) is 3.34. The van der Waals surface area contributed by atoms with Crippen molar-refractivity contribution in [1.82, 2.24) is 5.32 Å². The highest BCUT2D eigenvalue weighted by Gasteiger charge is 2.13. The molecule has 0 saturated heterocycles. The zero-order chi connectivity index (χ0) is 12.8. The van der Waals surface area contributed by atoms with Gasteiger partial charge in [0.1, 0.15) is 0 Å². The number of benzene rings is 1. The molecular weight excluding hydrogens is 242 g/mol. The van der Waals surface area contributed by atoms with Gasteiger partial charge in [0.25, 0.3) is 0 Å². The average molecular weight is 266 g/mol. The molecule has 1 nitrogen and oxygen atoms in total. The van der Waals surface area contributed by atoms with Gasteiger partial charge in [-0.1, -0.05) is 55.8 Å². The fraction of sp³-hybridized carbons (Fsp3) is 0.625. The minimum Gasteiger partial charge on any atom is -0.310 e. The van der Waals surface area contributed by atoms with Crippen LogP contribution in [0.1, 0.15) is 57.1 Å². The first-order valence-corrected chi connectivity index (χ1v) is 7.62. The van der Waals surface area contributed by atoms with Crippen LogP contribution in [-0.4, -0.2) is 6.54 Å². The Kier molecular flexibility index (Phi) is 5.52. The second-order valence-corrected chi connectivity index (χ2v) is 5.96. The second kappa shape index (κ2) is 7.16. The van der Waals surface area contributed by atoms with Crippen molar-refractivity contribution in [2.75, 3.05) is 6.54 Å². The van der Waals surface area contributed by atoms with E-state index < -0.39 is 0 Å². The molecular formula is C16H24ClN. The maximum atomic E-state index is 6.02. The number of hydrogen-bond donors (Lipinski definition) is 1. The highest BCUT2D eigenvalue weighted by atomic mass is 35.5. The molecule has 1 fully saturated rings. The number of hydrogen-bond acceptors (Lipinski definition) is 1. The van der Waals surface area contributed by atoms with Crippen molar-refractivity contribution in [3.05, 3.63) is 34.9 Å². The van der Waals surface area contributed by atoms with Gasteiger partial charge in [0.2, 0.25) is 0 Å². The summed E-state index contributed by atoms with van der Waals surface area (Å²) in [6.07, 6.45) is 8.53. The monoisotopic (exact) mass is 265 g/mol. The van der Waals surface area contributed by atoms with Gasteiger partial charge in [0, 0.05) is 11.1 Å². The van der Waals surface area contributed by atoms with Gasteiger partial charge in [0.05, 0.1) is 0 Å². The van der Waals surface area contributed by atoms with Crippen molar-refractivity contribution in [2.45, 2.75) is 51.5 Å². The van der Waals surface area contributed by atoms with Gasteiger partial charge in [-0.15, -0.1) is 0 Å². The minimum atomic E-state index is 0.396. The third-order valence-electron chi connectivity index (χ3n) is 4.08. The quantitative estimate of drug-likeness (QED) is 0.793. The Bertz CT molecular complexity index is 358. The van der Waals surface area contributed by atoms with Crippen molar-refractivity contribution in [3.63, 3.8) is 0 Å². The summed E-state index contributed by atoms with van der Waals surface area (Å²) in [4.78, 5) is 0. The summed E-state index contributed by atoms with van der Waals surface area (Å²) in [6, 6.07) is 8.55. The predicted molar refractivity (Wildman–Crippen MR) is 79.1 cm³/mol. The highest BCUT2D eigenvalue weighted by Crippen LogP contribution is 2.26. The molecule has 0 bridgehead atoms. The Balaban J connectivity index is 1.72. The summed E-state index contributed by atoms with van der Waals surface area (Å²) < 4.78 is 0. The lowest BCUT2D eigenvalue weighted by Crippen LogP contribution is -2.22. The lowest BCUT2D eigenvalue weighted by Gasteiger charge is -2.22. The number of nitrogens with one attached hydrogen (secondary N) is 1.